The molecule has 11 nitrogen and oxygen atoms in total. The van der Waals surface area contributed by atoms with Gasteiger partial charge in [-0.25, -0.2) is 15.0 Å². The number of rotatable bonds is 13. The number of halogens is 17. The van der Waals surface area contributed by atoms with E-state index in [4.69, 9.17) is 14.0 Å². The molecule has 2 aromatic heterocycles. The number of hydrogen-bond donors (Lipinski definition) is 1. The quantitative estimate of drug-likeness (QED) is 0.151. The molecule has 2 fully saturated rings. The normalized spacial score (nSPS) is 25.7. The summed E-state index contributed by atoms with van der Waals surface area (Å²) < 4.78 is 265. The number of fused-ring (bicyclic) bond motifs is 3. The van der Waals surface area contributed by atoms with E-state index in [-0.39, 0.29) is 24.7 Å². The van der Waals surface area contributed by atoms with Crippen molar-refractivity contribution in [3.63, 3.8) is 0 Å². The van der Waals surface area contributed by atoms with E-state index in [0.717, 1.165) is 11.7 Å². The molecular weight excluding hydrogens is 772 g/mol. The van der Waals surface area contributed by atoms with Gasteiger partial charge in [0.15, 0.2) is 23.2 Å². The maximum absolute atomic E-state index is 14.7. The van der Waals surface area contributed by atoms with Crippen LogP contribution in [0.4, 0.5) is 80.5 Å². The van der Waals surface area contributed by atoms with Crippen LogP contribution in [0.1, 0.15) is 19.6 Å². The van der Waals surface area contributed by atoms with E-state index in [1.807, 2.05) is 0 Å². The van der Waals surface area contributed by atoms with Crippen molar-refractivity contribution < 1.29 is 103 Å². The predicted octanol–water partition coefficient (Wildman–Crippen LogP) is 5.78. The Kier molecular flexibility index (Phi) is 9.27. The lowest BCUT2D eigenvalue weighted by molar-refractivity contribution is -0.460. The van der Waals surface area contributed by atoms with Crippen LogP contribution in [-0.4, -0.2) is 98.8 Å². The smallest absolute Gasteiger partial charge is 0.460 e. The van der Waals surface area contributed by atoms with Gasteiger partial charge in [0.05, 0.1) is 12.9 Å². The minimum absolute atomic E-state index is 0.0260. The molecule has 29 heteroatoms. The fourth-order valence-electron chi connectivity index (χ4n) is 4.81. The lowest BCUT2D eigenvalue weighted by Crippen LogP contribution is -2.75. The first kappa shape index (κ1) is 40.0. The van der Waals surface area contributed by atoms with Crippen molar-refractivity contribution in [1.82, 2.24) is 19.5 Å². The maximum atomic E-state index is 14.7. The topological polar surface area (TPSA) is 133 Å². The van der Waals surface area contributed by atoms with Crippen LogP contribution in [0.2, 0.25) is 0 Å². The Hall–Kier alpha value is -2.81. The lowest BCUT2D eigenvalue weighted by atomic mass is 9.90. The molecule has 1 N–H and O–H groups in total. The number of hydrogen-bond acceptors (Lipinski definition) is 10. The Morgan fingerprint density at radius 1 is 0.880 bits per heavy atom. The second-order valence-corrected chi connectivity index (χ2v) is 12.0. The van der Waals surface area contributed by atoms with E-state index in [0.29, 0.717) is 6.33 Å². The number of alkyl halides is 17. The predicted molar refractivity (Wildman–Crippen MR) is 122 cm³/mol. The number of nitrogens with one attached hydrogen (secondary N) is 1. The van der Waals surface area contributed by atoms with E-state index in [2.05, 4.69) is 19.5 Å². The Morgan fingerprint density at radius 2 is 1.40 bits per heavy atom. The van der Waals surface area contributed by atoms with Crippen molar-refractivity contribution >= 4 is 24.8 Å². The molecule has 4 heterocycles. The van der Waals surface area contributed by atoms with Gasteiger partial charge in [0.2, 0.25) is 0 Å². The first-order valence-electron chi connectivity index (χ1n) is 12.9. The van der Waals surface area contributed by atoms with Gasteiger partial charge in [-0.2, -0.15) is 74.6 Å². The van der Waals surface area contributed by atoms with Crippen LogP contribution < -0.4 is 10.2 Å². The largest absolute Gasteiger partial charge is 0.756 e. The van der Waals surface area contributed by atoms with Gasteiger partial charge >= 0.3 is 47.8 Å². The fourth-order valence-corrected chi connectivity index (χ4v) is 5.48. The van der Waals surface area contributed by atoms with E-state index < -0.39 is 96.6 Å². The summed E-state index contributed by atoms with van der Waals surface area (Å²) in [6.45, 7) is 1.18. The summed E-state index contributed by atoms with van der Waals surface area (Å²) in [6.07, 6.45) is -11.5. The number of phosphoric ester groups is 1. The molecule has 286 valence electrons. The first-order valence-corrected chi connectivity index (χ1v) is 14.3. The van der Waals surface area contributed by atoms with Gasteiger partial charge in [0.1, 0.15) is 24.1 Å². The van der Waals surface area contributed by atoms with Crippen LogP contribution in [0, 0.1) is 0 Å². The monoisotopic (exact) mass is 788 g/mol. The summed E-state index contributed by atoms with van der Waals surface area (Å²) in [5.41, 5.74) is -3.48. The highest BCUT2D eigenvalue weighted by Crippen LogP contribution is 2.64. The summed E-state index contributed by atoms with van der Waals surface area (Å²) in [6, 6.07) is -7.02. The van der Waals surface area contributed by atoms with Gasteiger partial charge in [-0.05, 0) is 6.42 Å². The zero-order valence-corrected chi connectivity index (χ0v) is 24.8. The first-order chi connectivity index (χ1) is 22.3. The molecule has 2 aliphatic rings. The number of nitrogens with zero attached hydrogens (tertiary/aromatic N) is 4. The molecule has 5 atom stereocenters. The highest BCUT2D eigenvalue weighted by Gasteiger charge is 2.95. The van der Waals surface area contributed by atoms with Crippen molar-refractivity contribution in [2.45, 2.75) is 85.1 Å². The van der Waals surface area contributed by atoms with Crippen molar-refractivity contribution in [2.24, 2.45) is 0 Å². The summed E-state index contributed by atoms with van der Waals surface area (Å²) in [7, 11) is -4.25. The molecule has 2 unspecified atom stereocenters. The molecule has 2 saturated heterocycles. The number of aromatic nitrogens is 4. The molecule has 4 rings (SSSR count). The molecule has 0 radical (unpaired) electrons. The van der Waals surface area contributed by atoms with Gasteiger partial charge in [-0.1, -0.05) is 6.92 Å². The molecule has 0 amide bonds. The van der Waals surface area contributed by atoms with Crippen LogP contribution in [0.3, 0.4) is 0 Å². The maximum Gasteiger partial charge on any atom is 0.460 e. The van der Waals surface area contributed by atoms with Gasteiger partial charge in [0.25, 0.3) is 7.82 Å². The van der Waals surface area contributed by atoms with Gasteiger partial charge in [0, 0.05) is 7.11 Å². The number of imidazole rings is 1. The third kappa shape index (κ3) is 5.37. The van der Waals surface area contributed by atoms with E-state index >= 15 is 0 Å². The Morgan fingerprint density at radius 3 is 1.90 bits per heavy atom. The molecule has 0 aliphatic carbocycles. The van der Waals surface area contributed by atoms with Crippen molar-refractivity contribution in [1.29, 1.82) is 0 Å². The third-order valence-electron chi connectivity index (χ3n) is 7.67. The minimum Gasteiger partial charge on any atom is -0.756 e. The molecule has 0 aromatic carbocycles. The van der Waals surface area contributed by atoms with Crippen LogP contribution in [0.5, 0.6) is 0 Å². The van der Waals surface area contributed by atoms with E-state index in [9.17, 15) is 84.1 Å². The van der Waals surface area contributed by atoms with E-state index in [1.165, 1.54) is 6.92 Å². The average Bonchev–Trinajstić information content (AvgIpc) is 3.66. The van der Waals surface area contributed by atoms with Gasteiger partial charge in [-0.3, -0.25) is 9.13 Å². The number of anilines is 1. The number of phosphoric acid groups is 1. The van der Waals surface area contributed by atoms with Crippen molar-refractivity contribution in [3.05, 3.63) is 12.7 Å². The van der Waals surface area contributed by atoms with Crippen LogP contribution in [0.15, 0.2) is 12.7 Å². The minimum atomic E-state index is -8.79. The van der Waals surface area contributed by atoms with Crippen molar-refractivity contribution in [3.8, 4) is 0 Å². The highest BCUT2D eigenvalue weighted by molar-refractivity contribution is 7.45. The van der Waals surface area contributed by atoms with Crippen LogP contribution in [0.25, 0.3) is 11.2 Å². The Bertz CT molecular complexity index is 1660. The summed E-state index contributed by atoms with van der Waals surface area (Å²) in [5.74, 6) is -52.9. The summed E-state index contributed by atoms with van der Waals surface area (Å²) in [5, 5.41) is 0.153. The second-order valence-electron chi connectivity index (χ2n) is 10.5. The molecule has 0 spiro atoms. The third-order valence-corrected chi connectivity index (χ3v) is 8.60. The second kappa shape index (κ2) is 11.6. The Labute approximate surface area is 264 Å². The Balaban J connectivity index is 1.70. The van der Waals surface area contributed by atoms with Crippen LogP contribution >= 0.6 is 7.82 Å². The lowest BCUT2D eigenvalue weighted by Gasteiger charge is -2.42. The molecule has 2 aromatic rings. The van der Waals surface area contributed by atoms with Gasteiger partial charge in [-0.15, -0.1) is 0 Å². The molecule has 50 heavy (non-hydrogen) atoms. The average molecular weight is 788 g/mol. The standard InChI is InChI=1S/C21H17F17N5O6P/c1-3-13-4-47-8(9(13)49-50(44,45)46-2)12(48-13)43-6-41-7-10(39-5-40-11(7)43)42-21(37,38)19(32,33)17(28,29)15(24,25)14(22,23)16(26,27)18(30,31)20(34,35)36/h5-6,8-9,12H,3-4H2,1-2H3,(H,44,45)(H,39,40,42)/p-1/t8-,9?,12+,13-/m0/s1. The molecular formula is C21H16F17N5O6P-. The SMILES string of the molecule is CC[C@]12CO[C@@H](C1OP(=O)([O-])OC)[C@H](n1cnc3c(NC(F)(F)C(F)(F)C(F)(F)C(F)(F)C(F)(F)C(F)(F)C(F)(F)C(F)(F)F)ncnc31)O2. The zero-order chi connectivity index (χ0) is 38.5. The van der Waals surface area contributed by atoms with Gasteiger partial charge < -0.3 is 28.7 Å². The van der Waals surface area contributed by atoms with Crippen LogP contribution in [-0.2, 0) is 23.1 Å². The molecule has 2 aliphatic heterocycles. The fraction of sp³-hybridized carbons (Fsp3) is 0.762. The zero-order valence-electron chi connectivity index (χ0n) is 23.9. The van der Waals surface area contributed by atoms with Crippen molar-refractivity contribution in [2.75, 3.05) is 19.0 Å². The number of ether oxygens (including phenoxy) is 2. The molecule has 0 saturated carbocycles. The summed E-state index contributed by atoms with van der Waals surface area (Å²) in [4.78, 5) is 21.9. The highest BCUT2D eigenvalue weighted by atomic mass is 31.2. The molecule has 2 bridgehead atoms. The van der Waals surface area contributed by atoms with E-state index in [1.54, 1.807) is 0 Å². The summed E-state index contributed by atoms with van der Waals surface area (Å²) >= 11 is 0.